The van der Waals surface area contributed by atoms with Gasteiger partial charge in [0.2, 0.25) is 0 Å². The quantitative estimate of drug-likeness (QED) is 0.677. The number of alkyl halides is 3. The molecule has 1 atom stereocenters. The maximum absolute atomic E-state index is 12.9. The number of nitrogens with zero attached hydrogens (tertiary/aromatic N) is 3. The Kier molecular flexibility index (Phi) is 7.29. The Hall–Kier alpha value is -0.330. The van der Waals surface area contributed by atoms with Crippen LogP contribution in [0.1, 0.15) is 67.2 Å². The van der Waals surface area contributed by atoms with Gasteiger partial charge in [-0.05, 0) is 80.3 Å². The zero-order valence-electron chi connectivity index (χ0n) is 18.2. The van der Waals surface area contributed by atoms with Gasteiger partial charge in [0.1, 0.15) is 0 Å². The molecule has 27 heavy (non-hydrogen) atoms. The van der Waals surface area contributed by atoms with Crippen LogP contribution in [-0.4, -0.2) is 77.3 Å². The summed E-state index contributed by atoms with van der Waals surface area (Å²) in [6.07, 6.45) is -1.40. The average Bonchev–Trinajstić information content (AvgIpc) is 2.58. The first-order valence-corrected chi connectivity index (χ1v) is 10.6. The SMILES string of the molecule is CC(CCC(C)(C)N1CCC(C(F)(F)F)CC1)N1CCN(C(C)(C)C)CC1. The zero-order valence-corrected chi connectivity index (χ0v) is 18.2. The highest BCUT2D eigenvalue weighted by molar-refractivity contribution is 4.89. The summed E-state index contributed by atoms with van der Waals surface area (Å²) in [4.78, 5) is 7.40. The van der Waals surface area contributed by atoms with Gasteiger partial charge in [0.05, 0.1) is 5.92 Å². The molecule has 2 rings (SSSR count). The van der Waals surface area contributed by atoms with Crippen molar-refractivity contribution >= 4 is 0 Å². The van der Waals surface area contributed by atoms with Gasteiger partial charge >= 0.3 is 6.18 Å². The number of likely N-dealkylation sites (tertiary alicyclic amines) is 1. The lowest BCUT2D eigenvalue weighted by Gasteiger charge is -2.46. The van der Waals surface area contributed by atoms with E-state index < -0.39 is 12.1 Å². The van der Waals surface area contributed by atoms with Gasteiger partial charge in [0, 0.05) is 43.3 Å². The minimum Gasteiger partial charge on any atom is -0.298 e. The van der Waals surface area contributed by atoms with Crippen LogP contribution in [0.2, 0.25) is 0 Å². The monoisotopic (exact) mass is 391 g/mol. The van der Waals surface area contributed by atoms with Gasteiger partial charge in [-0.3, -0.25) is 14.7 Å². The Bertz CT molecular complexity index is 454. The summed E-state index contributed by atoms with van der Waals surface area (Å²) in [7, 11) is 0. The molecule has 2 saturated heterocycles. The third kappa shape index (κ3) is 6.33. The van der Waals surface area contributed by atoms with Crippen molar-refractivity contribution in [2.24, 2.45) is 5.92 Å². The van der Waals surface area contributed by atoms with Crippen LogP contribution in [0.5, 0.6) is 0 Å². The molecule has 1 unspecified atom stereocenters. The predicted octanol–water partition coefficient (Wildman–Crippen LogP) is 4.62. The highest BCUT2D eigenvalue weighted by atomic mass is 19.4. The minimum atomic E-state index is -4.03. The number of rotatable bonds is 5. The maximum Gasteiger partial charge on any atom is 0.391 e. The Morgan fingerprint density at radius 1 is 0.815 bits per heavy atom. The molecule has 160 valence electrons. The van der Waals surface area contributed by atoms with Crippen LogP contribution >= 0.6 is 0 Å². The lowest BCUT2D eigenvalue weighted by atomic mass is 9.88. The smallest absolute Gasteiger partial charge is 0.298 e. The molecule has 3 nitrogen and oxygen atoms in total. The molecule has 2 aliphatic rings. The molecule has 0 spiro atoms. The van der Waals surface area contributed by atoms with Gasteiger partial charge < -0.3 is 0 Å². The summed E-state index contributed by atoms with van der Waals surface area (Å²) in [6, 6.07) is 0.527. The largest absolute Gasteiger partial charge is 0.391 e. The third-order valence-electron chi connectivity index (χ3n) is 6.87. The van der Waals surface area contributed by atoms with Gasteiger partial charge in [-0.25, -0.2) is 0 Å². The maximum atomic E-state index is 12.9. The van der Waals surface area contributed by atoms with Gasteiger partial charge in [-0.2, -0.15) is 13.2 Å². The Morgan fingerprint density at radius 3 is 1.78 bits per heavy atom. The molecule has 0 bridgehead atoms. The number of piperazine rings is 1. The van der Waals surface area contributed by atoms with E-state index in [4.69, 9.17) is 0 Å². The fourth-order valence-corrected chi connectivity index (χ4v) is 4.55. The number of hydrogen-bond acceptors (Lipinski definition) is 3. The first-order valence-electron chi connectivity index (χ1n) is 10.6. The number of hydrogen-bond donors (Lipinski definition) is 0. The van der Waals surface area contributed by atoms with Crippen LogP contribution in [0, 0.1) is 5.92 Å². The van der Waals surface area contributed by atoms with Crippen LogP contribution in [0.3, 0.4) is 0 Å². The normalized spacial score (nSPS) is 24.3. The Labute approximate surface area is 164 Å². The molecule has 2 fully saturated rings. The Morgan fingerprint density at radius 2 is 1.33 bits per heavy atom. The van der Waals surface area contributed by atoms with E-state index in [1.165, 1.54) is 0 Å². The summed E-state index contributed by atoms with van der Waals surface area (Å²) in [6.45, 7) is 19.1. The van der Waals surface area contributed by atoms with Gasteiger partial charge in [-0.15, -0.1) is 0 Å². The molecule has 2 heterocycles. The fourth-order valence-electron chi connectivity index (χ4n) is 4.55. The average molecular weight is 392 g/mol. The van der Waals surface area contributed by atoms with Crippen molar-refractivity contribution in [3.63, 3.8) is 0 Å². The van der Waals surface area contributed by atoms with Crippen molar-refractivity contribution in [3.8, 4) is 0 Å². The van der Waals surface area contributed by atoms with Crippen molar-refractivity contribution in [1.29, 1.82) is 0 Å². The van der Waals surface area contributed by atoms with Crippen LogP contribution in [0.25, 0.3) is 0 Å². The second kappa shape index (κ2) is 8.58. The van der Waals surface area contributed by atoms with E-state index in [9.17, 15) is 13.2 Å². The van der Waals surface area contributed by atoms with Crippen LogP contribution in [0.15, 0.2) is 0 Å². The summed E-state index contributed by atoms with van der Waals surface area (Å²) < 4.78 is 38.7. The molecule has 0 amide bonds. The molecule has 0 saturated carbocycles. The summed E-state index contributed by atoms with van der Waals surface area (Å²) in [5.41, 5.74) is 0.206. The molecule has 0 radical (unpaired) electrons. The number of halogens is 3. The molecular weight excluding hydrogens is 351 g/mol. The van der Waals surface area contributed by atoms with E-state index in [2.05, 4.69) is 56.2 Å². The van der Waals surface area contributed by atoms with Crippen molar-refractivity contribution in [3.05, 3.63) is 0 Å². The molecule has 0 aromatic heterocycles. The fraction of sp³-hybridized carbons (Fsp3) is 1.00. The molecule has 6 heteroatoms. The second-order valence-corrected chi connectivity index (χ2v) is 10.2. The van der Waals surface area contributed by atoms with E-state index in [1.807, 2.05) is 0 Å². The highest BCUT2D eigenvalue weighted by Crippen LogP contribution is 2.36. The lowest BCUT2D eigenvalue weighted by Crippen LogP contribution is -2.55. The van der Waals surface area contributed by atoms with Gasteiger partial charge in [-0.1, -0.05) is 0 Å². The summed E-state index contributed by atoms with van der Waals surface area (Å²) in [5.74, 6) is -1.11. The highest BCUT2D eigenvalue weighted by Gasteiger charge is 2.43. The van der Waals surface area contributed by atoms with E-state index in [1.54, 1.807) is 0 Å². The standard InChI is InChI=1S/C21H40F3N3/c1-17(25-13-15-26(16-14-25)19(2,3)4)7-10-20(5,6)27-11-8-18(9-12-27)21(22,23)24/h17-18H,7-16H2,1-6H3. The van der Waals surface area contributed by atoms with E-state index in [-0.39, 0.29) is 23.9 Å². The van der Waals surface area contributed by atoms with E-state index in [0.717, 1.165) is 39.0 Å². The van der Waals surface area contributed by atoms with Crippen molar-refractivity contribution < 1.29 is 13.2 Å². The molecule has 0 aliphatic carbocycles. The number of piperidine rings is 1. The minimum absolute atomic E-state index is 0.0297. The van der Waals surface area contributed by atoms with Gasteiger partial charge in [0.15, 0.2) is 0 Å². The van der Waals surface area contributed by atoms with Crippen LogP contribution in [0.4, 0.5) is 13.2 Å². The van der Waals surface area contributed by atoms with Crippen LogP contribution in [-0.2, 0) is 0 Å². The zero-order chi connectivity index (χ0) is 20.5. The third-order valence-corrected chi connectivity index (χ3v) is 6.87. The van der Waals surface area contributed by atoms with Crippen molar-refractivity contribution in [2.75, 3.05) is 39.3 Å². The summed E-state index contributed by atoms with van der Waals surface area (Å²) >= 11 is 0. The molecule has 2 aliphatic heterocycles. The first-order chi connectivity index (χ1) is 12.3. The Balaban J connectivity index is 1.77. The van der Waals surface area contributed by atoms with Gasteiger partial charge in [0.25, 0.3) is 0 Å². The summed E-state index contributed by atoms with van der Waals surface area (Å²) in [5, 5.41) is 0. The van der Waals surface area contributed by atoms with Crippen molar-refractivity contribution in [2.45, 2.75) is 90.5 Å². The second-order valence-electron chi connectivity index (χ2n) is 10.2. The van der Waals surface area contributed by atoms with E-state index >= 15 is 0 Å². The first kappa shape index (κ1) is 23.0. The molecule has 0 N–H and O–H groups in total. The van der Waals surface area contributed by atoms with Crippen molar-refractivity contribution in [1.82, 2.24) is 14.7 Å². The topological polar surface area (TPSA) is 9.72 Å². The molecule has 0 aromatic rings. The van der Waals surface area contributed by atoms with Crippen LogP contribution < -0.4 is 0 Å². The molecule has 0 aromatic carbocycles. The predicted molar refractivity (Wildman–Crippen MR) is 106 cm³/mol. The van der Waals surface area contributed by atoms with E-state index in [0.29, 0.717) is 19.1 Å². The lowest BCUT2D eigenvalue weighted by molar-refractivity contribution is -0.187. The molecular formula is C21H40F3N3.